The van der Waals surface area contributed by atoms with Gasteiger partial charge in [0.25, 0.3) is 0 Å². The van der Waals surface area contributed by atoms with Crippen LogP contribution in [0.3, 0.4) is 0 Å². The van der Waals surface area contributed by atoms with E-state index in [1.165, 1.54) is 0 Å². The van der Waals surface area contributed by atoms with Crippen LogP contribution < -0.4 is 14.8 Å². The lowest BCUT2D eigenvalue weighted by atomic mass is 10.2. The van der Waals surface area contributed by atoms with Crippen molar-refractivity contribution in [3.63, 3.8) is 0 Å². The van der Waals surface area contributed by atoms with Crippen LogP contribution in [0.25, 0.3) is 0 Å². The fraction of sp³-hybridized carbons (Fsp3) is 0.429. The largest absolute Gasteiger partial charge is 0.497 e. The molecule has 1 aliphatic rings. The highest BCUT2D eigenvalue weighted by molar-refractivity contribution is 7.96. The summed E-state index contributed by atoms with van der Waals surface area (Å²) >= 11 is 0. The smallest absolute Gasteiger partial charge is 0.183 e. The molecule has 0 saturated carbocycles. The molecule has 2 unspecified atom stereocenters. The highest BCUT2D eigenvalue weighted by Gasteiger charge is 2.45. The molecule has 164 valence electrons. The van der Waals surface area contributed by atoms with Crippen molar-refractivity contribution >= 4 is 19.7 Å². The first-order chi connectivity index (χ1) is 14.2. The van der Waals surface area contributed by atoms with Gasteiger partial charge in [0.1, 0.15) is 18.1 Å². The van der Waals surface area contributed by atoms with Crippen LogP contribution in [0.4, 0.5) is 0 Å². The molecular formula is C21H27NO6S2. The van der Waals surface area contributed by atoms with Crippen molar-refractivity contribution in [2.45, 2.75) is 29.5 Å². The van der Waals surface area contributed by atoms with E-state index in [4.69, 9.17) is 9.47 Å². The van der Waals surface area contributed by atoms with E-state index in [0.717, 1.165) is 17.7 Å². The first kappa shape index (κ1) is 22.6. The topological polar surface area (TPSA) is 98.8 Å². The first-order valence-electron chi connectivity index (χ1n) is 9.78. The number of methoxy groups -OCH3 is 1. The van der Waals surface area contributed by atoms with Crippen molar-refractivity contribution < 1.29 is 26.3 Å². The third kappa shape index (κ3) is 5.33. The number of aryl methyl sites for hydroxylation is 1. The summed E-state index contributed by atoms with van der Waals surface area (Å²) in [6.07, 6.45) is 0.802. The Morgan fingerprint density at radius 3 is 2.23 bits per heavy atom. The second-order valence-corrected chi connectivity index (χ2v) is 11.6. The van der Waals surface area contributed by atoms with Gasteiger partial charge < -0.3 is 14.8 Å². The van der Waals surface area contributed by atoms with Crippen LogP contribution in [-0.4, -0.2) is 59.9 Å². The van der Waals surface area contributed by atoms with Gasteiger partial charge in [-0.3, -0.25) is 0 Å². The Morgan fingerprint density at radius 2 is 1.63 bits per heavy atom. The third-order valence-electron chi connectivity index (χ3n) is 5.20. The van der Waals surface area contributed by atoms with Gasteiger partial charge in [0.05, 0.1) is 28.8 Å². The van der Waals surface area contributed by atoms with E-state index in [-0.39, 0.29) is 23.0 Å². The Labute approximate surface area is 178 Å². The van der Waals surface area contributed by atoms with Crippen LogP contribution in [0.5, 0.6) is 11.5 Å². The minimum Gasteiger partial charge on any atom is -0.497 e. The molecule has 1 aliphatic heterocycles. The molecular weight excluding hydrogens is 426 g/mol. The summed E-state index contributed by atoms with van der Waals surface area (Å²) < 4.78 is 61.3. The summed E-state index contributed by atoms with van der Waals surface area (Å²) in [5.41, 5.74) is 1.03. The Morgan fingerprint density at radius 1 is 1.00 bits per heavy atom. The quantitative estimate of drug-likeness (QED) is 0.579. The maximum absolute atomic E-state index is 13.1. The monoisotopic (exact) mass is 453 g/mol. The lowest BCUT2D eigenvalue weighted by molar-refractivity contribution is 0.307. The number of benzene rings is 2. The molecule has 0 spiro atoms. The maximum Gasteiger partial charge on any atom is 0.183 e. The van der Waals surface area contributed by atoms with Gasteiger partial charge >= 0.3 is 0 Å². The second-order valence-electron chi connectivity index (χ2n) is 7.24. The Kier molecular flexibility index (Phi) is 7.05. The zero-order valence-corrected chi connectivity index (χ0v) is 18.7. The fourth-order valence-corrected chi connectivity index (χ4v) is 8.20. The van der Waals surface area contributed by atoms with E-state index in [0.29, 0.717) is 12.3 Å². The zero-order chi connectivity index (χ0) is 21.8. The van der Waals surface area contributed by atoms with Crippen molar-refractivity contribution in [2.24, 2.45) is 0 Å². The van der Waals surface area contributed by atoms with Gasteiger partial charge in [-0.2, -0.15) is 0 Å². The van der Waals surface area contributed by atoms with E-state index in [1.807, 2.05) is 6.92 Å². The predicted molar refractivity (Wildman–Crippen MR) is 116 cm³/mol. The first-order valence-corrected chi connectivity index (χ1v) is 13.2. The number of hydrogen-bond acceptors (Lipinski definition) is 7. The zero-order valence-electron chi connectivity index (χ0n) is 17.1. The molecule has 0 bridgehead atoms. The molecule has 1 saturated heterocycles. The number of nitrogens with one attached hydrogen (secondary N) is 1. The Hall–Kier alpha value is -2.10. The lowest BCUT2D eigenvalue weighted by Gasteiger charge is -2.20. The van der Waals surface area contributed by atoms with Crippen molar-refractivity contribution in [1.29, 1.82) is 0 Å². The fourth-order valence-electron chi connectivity index (χ4n) is 3.49. The highest BCUT2D eigenvalue weighted by atomic mass is 32.2. The molecule has 1 heterocycles. The molecule has 2 aromatic carbocycles. The van der Waals surface area contributed by atoms with Crippen molar-refractivity contribution in [3.8, 4) is 11.5 Å². The minimum atomic E-state index is -3.78. The van der Waals surface area contributed by atoms with Gasteiger partial charge in [-0.1, -0.05) is 19.1 Å². The molecule has 1 fully saturated rings. The molecule has 30 heavy (non-hydrogen) atoms. The summed E-state index contributed by atoms with van der Waals surface area (Å²) in [7, 11) is -5.64. The van der Waals surface area contributed by atoms with Gasteiger partial charge in [0, 0.05) is 12.6 Å². The molecule has 3 rings (SSSR count). The normalized spacial score (nSPS) is 20.7. The Bertz CT molecular complexity index is 1050. The van der Waals surface area contributed by atoms with Crippen molar-refractivity contribution in [3.05, 3.63) is 54.1 Å². The van der Waals surface area contributed by atoms with E-state index in [9.17, 15) is 16.8 Å². The standard InChI is InChI=1S/C21H27NO6S2/c1-3-16-4-10-19(11-5-16)30(25,26)21-15-29(23,24)14-20(21)22-12-13-28-18-8-6-17(27-2)7-9-18/h4-11,20-22H,3,12-15H2,1-2H3. The van der Waals surface area contributed by atoms with Crippen LogP contribution in [0.15, 0.2) is 53.4 Å². The van der Waals surface area contributed by atoms with Gasteiger partial charge in [0.2, 0.25) is 0 Å². The number of ether oxygens (including phenoxy) is 2. The van der Waals surface area contributed by atoms with E-state index in [1.54, 1.807) is 55.6 Å². The average molecular weight is 454 g/mol. The third-order valence-corrected chi connectivity index (χ3v) is 9.36. The lowest BCUT2D eigenvalue weighted by Crippen LogP contribution is -2.44. The van der Waals surface area contributed by atoms with Crippen LogP contribution in [0, 0.1) is 0 Å². The molecule has 0 amide bonds. The molecule has 0 aliphatic carbocycles. The van der Waals surface area contributed by atoms with Crippen molar-refractivity contribution in [1.82, 2.24) is 5.32 Å². The molecule has 2 aromatic rings. The van der Waals surface area contributed by atoms with Gasteiger partial charge in [-0.25, -0.2) is 16.8 Å². The summed E-state index contributed by atoms with van der Waals surface area (Å²) in [6, 6.07) is 13.1. The van der Waals surface area contributed by atoms with E-state index >= 15 is 0 Å². The minimum absolute atomic E-state index is 0.156. The summed E-state index contributed by atoms with van der Waals surface area (Å²) in [5.74, 6) is 0.794. The average Bonchev–Trinajstić information content (AvgIpc) is 3.07. The highest BCUT2D eigenvalue weighted by Crippen LogP contribution is 2.26. The summed E-state index contributed by atoms with van der Waals surface area (Å²) in [5, 5.41) is 2.05. The molecule has 0 aromatic heterocycles. The van der Waals surface area contributed by atoms with Crippen LogP contribution in [-0.2, 0) is 26.1 Å². The molecule has 2 atom stereocenters. The van der Waals surface area contributed by atoms with Crippen molar-refractivity contribution in [2.75, 3.05) is 31.8 Å². The molecule has 0 radical (unpaired) electrons. The molecule has 7 nitrogen and oxygen atoms in total. The maximum atomic E-state index is 13.1. The van der Waals surface area contributed by atoms with Gasteiger partial charge in [0.15, 0.2) is 19.7 Å². The second kappa shape index (κ2) is 9.36. The molecule has 9 heteroatoms. The summed E-state index contributed by atoms with van der Waals surface area (Å²) in [6.45, 7) is 2.59. The SMILES string of the molecule is CCc1ccc(S(=O)(=O)C2CS(=O)(=O)CC2NCCOc2ccc(OC)cc2)cc1. The van der Waals surface area contributed by atoms with E-state index in [2.05, 4.69) is 5.32 Å². The van der Waals surface area contributed by atoms with E-state index < -0.39 is 31.0 Å². The number of rotatable bonds is 9. The predicted octanol–water partition coefficient (Wildman–Crippen LogP) is 1.87. The van der Waals surface area contributed by atoms with Gasteiger partial charge in [-0.05, 0) is 48.4 Å². The summed E-state index contributed by atoms with van der Waals surface area (Å²) in [4.78, 5) is 0.156. The Balaban J connectivity index is 1.64. The number of sulfone groups is 2. The van der Waals surface area contributed by atoms with Gasteiger partial charge in [-0.15, -0.1) is 0 Å². The molecule has 1 N–H and O–H groups in total. The number of hydrogen-bond donors (Lipinski definition) is 1. The van der Waals surface area contributed by atoms with Crippen LogP contribution in [0.2, 0.25) is 0 Å². The van der Waals surface area contributed by atoms with Crippen LogP contribution >= 0.6 is 0 Å². The van der Waals surface area contributed by atoms with Crippen LogP contribution in [0.1, 0.15) is 12.5 Å².